The number of hydrogen-bond donors (Lipinski definition) is 1. The summed E-state index contributed by atoms with van der Waals surface area (Å²) in [4.78, 5) is 0. The second-order valence-corrected chi connectivity index (χ2v) is 5.00. The van der Waals surface area contributed by atoms with Crippen LogP contribution in [0.2, 0.25) is 0 Å². The van der Waals surface area contributed by atoms with E-state index in [1.165, 1.54) is 11.6 Å². The fourth-order valence-corrected chi connectivity index (χ4v) is 2.14. The Morgan fingerprint density at radius 2 is 2.11 bits per heavy atom. The van der Waals surface area contributed by atoms with Crippen LogP contribution >= 0.6 is 0 Å². The molecule has 0 bridgehead atoms. The van der Waals surface area contributed by atoms with Crippen molar-refractivity contribution in [1.29, 1.82) is 0 Å². The number of rotatable bonds is 4. The van der Waals surface area contributed by atoms with Gasteiger partial charge in [0.1, 0.15) is 5.82 Å². The average molecular weight is 261 g/mol. The summed E-state index contributed by atoms with van der Waals surface area (Å²) >= 11 is 0. The molecule has 1 N–H and O–H groups in total. The molecule has 0 amide bonds. The molecule has 1 atom stereocenters. The molecule has 4 heteroatoms. The Morgan fingerprint density at radius 1 is 1.37 bits per heavy atom. The van der Waals surface area contributed by atoms with E-state index in [9.17, 15) is 4.39 Å². The first-order valence-electron chi connectivity index (χ1n) is 6.46. The molecule has 0 fully saturated rings. The molecule has 0 aliphatic carbocycles. The summed E-state index contributed by atoms with van der Waals surface area (Å²) in [6, 6.07) is 5.44. The first-order valence-corrected chi connectivity index (χ1v) is 6.46. The Kier molecular flexibility index (Phi) is 4.00. The summed E-state index contributed by atoms with van der Waals surface area (Å²) < 4.78 is 15.1. The first-order chi connectivity index (χ1) is 8.99. The lowest BCUT2D eigenvalue weighted by Crippen LogP contribution is -2.18. The fraction of sp³-hybridized carbons (Fsp3) is 0.400. The Bertz CT molecular complexity index is 575. The highest BCUT2D eigenvalue weighted by Crippen LogP contribution is 2.17. The van der Waals surface area contributed by atoms with Crippen LogP contribution in [0.5, 0.6) is 0 Å². The Hall–Kier alpha value is -1.68. The summed E-state index contributed by atoms with van der Waals surface area (Å²) in [5.74, 6) is -0.153. The number of nitrogens with zero attached hydrogens (tertiary/aromatic N) is 2. The van der Waals surface area contributed by atoms with E-state index in [0.717, 1.165) is 17.8 Å². The predicted octanol–water partition coefficient (Wildman–Crippen LogP) is 3.03. The monoisotopic (exact) mass is 261 g/mol. The molecule has 0 spiro atoms. The summed E-state index contributed by atoms with van der Waals surface area (Å²) in [6.07, 6.45) is 1.89. The van der Waals surface area contributed by atoms with Gasteiger partial charge < -0.3 is 5.32 Å². The van der Waals surface area contributed by atoms with Crippen molar-refractivity contribution in [2.75, 3.05) is 0 Å². The molecule has 0 saturated heterocycles. The Balaban J connectivity index is 2.02. The maximum absolute atomic E-state index is 13.2. The number of hydrogen-bond acceptors (Lipinski definition) is 2. The molecular weight excluding hydrogens is 241 g/mol. The van der Waals surface area contributed by atoms with Gasteiger partial charge in [0.15, 0.2) is 0 Å². The minimum Gasteiger partial charge on any atom is -0.306 e. The highest BCUT2D eigenvalue weighted by atomic mass is 19.1. The average Bonchev–Trinajstić information content (AvgIpc) is 2.71. The van der Waals surface area contributed by atoms with Gasteiger partial charge in [-0.1, -0.05) is 12.1 Å². The van der Waals surface area contributed by atoms with Crippen molar-refractivity contribution >= 4 is 0 Å². The molecule has 0 radical (unpaired) electrons. The predicted molar refractivity (Wildman–Crippen MR) is 74.3 cm³/mol. The number of aromatic nitrogens is 2. The van der Waals surface area contributed by atoms with Crippen LogP contribution in [0.1, 0.15) is 35.3 Å². The van der Waals surface area contributed by atoms with Crippen molar-refractivity contribution in [1.82, 2.24) is 15.1 Å². The quantitative estimate of drug-likeness (QED) is 0.916. The Labute approximate surface area is 113 Å². The summed E-state index contributed by atoms with van der Waals surface area (Å²) in [6.45, 7) is 6.67. The van der Waals surface area contributed by atoms with Crippen LogP contribution in [0.3, 0.4) is 0 Å². The normalized spacial score (nSPS) is 12.7. The van der Waals surface area contributed by atoms with Crippen molar-refractivity contribution < 1.29 is 4.39 Å². The third-order valence-electron chi connectivity index (χ3n) is 3.57. The summed E-state index contributed by atoms with van der Waals surface area (Å²) in [5, 5.41) is 7.69. The number of nitrogens with one attached hydrogen (secondary N) is 1. The number of halogens is 1. The second kappa shape index (κ2) is 5.53. The van der Waals surface area contributed by atoms with Crippen molar-refractivity contribution in [3.63, 3.8) is 0 Å². The van der Waals surface area contributed by atoms with Gasteiger partial charge in [-0.15, -0.1) is 0 Å². The van der Waals surface area contributed by atoms with Gasteiger partial charge >= 0.3 is 0 Å². The van der Waals surface area contributed by atoms with E-state index in [1.54, 1.807) is 6.92 Å². The van der Waals surface area contributed by atoms with Gasteiger partial charge in [-0.3, -0.25) is 4.68 Å². The molecule has 0 aliphatic heterocycles. The van der Waals surface area contributed by atoms with Gasteiger partial charge in [0, 0.05) is 30.9 Å². The van der Waals surface area contributed by atoms with Crippen LogP contribution in [0.25, 0.3) is 0 Å². The zero-order chi connectivity index (χ0) is 14.0. The van der Waals surface area contributed by atoms with Crippen LogP contribution in [0, 0.1) is 19.7 Å². The maximum atomic E-state index is 13.2. The topological polar surface area (TPSA) is 29.9 Å². The maximum Gasteiger partial charge on any atom is 0.126 e. The molecule has 1 heterocycles. The van der Waals surface area contributed by atoms with E-state index in [4.69, 9.17) is 0 Å². The van der Waals surface area contributed by atoms with Gasteiger partial charge in [-0.25, -0.2) is 4.39 Å². The van der Waals surface area contributed by atoms with Crippen molar-refractivity contribution in [2.45, 2.75) is 33.4 Å². The van der Waals surface area contributed by atoms with E-state index in [0.29, 0.717) is 5.56 Å². The molecule has 3 nitrogen and oxygen atoms in total. The summed E-state index contributed by atoms with van der Waals surface area (Å²) in [5.41, 5.74) is 4.13. The number of aryl methyl sites for hydroxylation is 2. The molecule has 19 heavy (non-hydrogen) atoms. The zero-order valence-corrected chi connectivity index (χ0v) is 11.9. The van der Waals surface area contributed by atoms with Gasteiger partial charge in [0.05, 0.1) is 6.20 Å². The minimum atomic E-state index is -0.153. The van der Waals surface area contributed by atoms with E-state index < -0.39 is 0 Å². The van der Waals surface area contributed by atoms with Crippen LogP contribution in [0.4, 0.5) is 4.39 Å². The fourth-order valence-electron chi connectivity index (χ4n) is 2.14. The molecule has 2 aromatic rings. The second-order valence-electron chi connectivity index (χ2n) is 5.00. The van der Waals surface area contributed by atoms with Gasteiger partial charge in [-0.05, 0) is 38.0 Å². The van der Waals surface area contributed by atoms with Crippen LogP contribution in [0.15, 0.2) is 24.4 Å². The lowest BCUT2D eigenvalue weighted by Gasteiger charge is -2.14. The smallest absolute Gasteiger partial charge is 0.126 e. The largest absolute Gasteiger partial charge is 0.306 e. The molecule has 0 saturated carbocycles. The van der Waals surface area contributed by atoms with E-state index in [2.05, 4.69) is 24.3 Å². The third-order valence-corrected chi connectivity index (χ3v) is 3.57. The van der Waals surface area contributed by atoms with Crippen LogP contribution < -0.4 is 5.32 Å². The van der Waals surface area contributed by atoms with E-state index in [1.807, 2.05) is 30.1 Å². The standard InChI is InChI=1S/C15H20FN3/c1-10-7-13(5-6-15(10)16)8-17-11(2)14-9-18-19(4)12(14)3/h5-7,9,11,17H,8H2,1-4H3. The molecule has 2 rings (SSSR count). The molecule has 1 aromatic carbocycles. The third kappa shape index (κ3) is 3.01. The number of benzene rings is 1. The SMILES string of the molecule is Cc1cc(CNC(C)c2cnn(C)c2C)ccc1F. The van der Waals surface area contributed by atoms with Crippen molar-refractivity contribution in [2.24, 2.45) is 7.05 Å². The molecule has 102 valence electrons. The lowest BCUT2D eigenvalue weighted by molar-refractivity contribution is 0.568. The highest BCUT2D eigenvalue weighted by Gasteiger charge is 2.11. The van der Waals surface area contributed by atoms with E-state index >= 15 is 0 Å². The highest BCUT2D eigenvalue weighted by molar-refractivity contribution is 5.24. The molecule has 1 aromatic heterocycles. The van der Waals surface area contributed by atoms with Crippen LogP contribution in [-0.4, -0.2) is 9.78 Å². The minimum absolute atomic E-state index is 0.153. The molecular formula is C15H20FN3. The van der Waals surface area contributed by atoms with Crippen LogP contribution in [-0.2, 0) is 13.6 Å². The van der Waals surface area contributed by atoms with E-state index in [-0.39, 0.29) is 11.9 Å². The van der Waals surface area contributed by atoms with Crippen molar-refractivity contribution in [3.05, 3.63) is 52.6 Å². The first kappa shape index (κ1) is 13.7. The van der Waals surface area contributed by atoms with Gasteiger partial charge in [0.25, 0.3) is 0 Å². The zero-order valence-electron chi connectivity index (χ0n) is 11.9. The van der Waals surface area contributed by atoms with Gasteiger partial charge in [-0.2, -0.15) is 5.10 Å². The molecule has 0 aliphatic rings. The Morgan fingerprint density at radius 3 is 2.68 bits per heavy atom. The van der Waals surface area contributed by atoms with Crippen molar-refractivity contribution in [3.8, 4) is 0 Å². The summed E-state index contributed by atoms with van der Waals surface area (Å²) in [7, 11) is 1.94. The lowest BCUT2D eigenvalue weighted by atomic mass is 10.1. The molecule has 1 unspecified atom stereocenters. The van der Waals surface area contributed by atoms with Gasteiger partial charge in [0.2, 0.25) is 0 Å².